The molecule has 78 valence electrons. The van der Waals surface area contributed by atoms with E-state index in [1.807, 2.05) is 26.1 Å². The first kappa shape index (κ1) is 10.1. The summed E-state index contributed by atoms with van der Waals surface area (Å²) in [6.07, 6.45) is 2.69. The van der Waals surface area contributed by atoms with Crippen LogP contribution in [0.1, 0.15) is 19.4 Å². The van der Waals surface area contributed by atoms with E-state index in [1.54, 1.807) is 0 Å². The van der Waals surface area contributed by atoms with Crippen LogP contribution in [-0.2, 0) is 6.42 Å². The molecule has 0 radical (unpaired) electrons. The number of pyridine rings is 1. The fraction of sp³-hybridized carbons (Fsp3) is 0.308. The molecule has 1 aromatic carbocycles. The average molecular weight is 200 g/mol. The van der Waals surface area contributed by atoms with Gasteiger partial charge in [0.05, 0.1) is 5.52 Å². The molecule has 2 rings (SSSR count). The van der Waals surface area contributed by atoms with Crippen molar-refractivity contribution in [2.45, 2.75) is 25.8 Å². The zero-order valence-corrected chi connectivity index (χ0v) is 9.20. The maximum atomic E-state index is 5.99. The normalized spacial score (nSPS) is 11.9. The fourth-order valence-corrected chi connectivity index (χ4v) is 1.75. The Morgan fingerprint density at radius 3 is 2.80 bits per heavy atom. The summed E-state index contributed by atoms with van der Waals surface area (Å²) in [5.41, 5.74) is 8.11. The number of nitrogens with zero attached hydrogens (tertiary/aromatic N) is 1. The molecule has 0 unspecified atom stereocenters. The lowest BCUT2D eigenvalue weighted by Crippen LogP contribution is -2.34. The topological polar surface area (TPSA) is 38.9 Å². The van der Waals surface area contributed by atoms with Crippen molar-refractivity contribution in [2.24, 2.45) is 5.73 Å². The van der Waals surface area contributed by atoms with Gasteiger partial charge in [-0.25, -0.2) is 0 Å². The van der Waals surface area contributed by atoms with Gasteiger partial charge in [0.1, 0.15) is 0 Å². The van der Waals surface area contributed by atoms with Gasteiger partial charge in [-0.1, -0.05) is 18.2 Å². The first-order valence-electron chi connectivity index (χ1n) is 5.17. The Balaban J connectivity index is 2.39. The highest BCUT2D eigenvalue weighted by atomic mass is 14.7. The van der Waals surface area contributed by atoms with Crippen LogP contribution in [0.5, 0.6) is 0 Å². The highest BCUT2D eigenvalue weighted by Crippen LogP contribution is 2.16. The number of hydrogen-bond donors (Lipinski definition) is 1. The molecule has 0 spiro atoms. The van der Waals surface area contributed by atoms with Crippen molar-refractivity contribution in [2.75, 3.05) is 0 Å². The van der Waals surface area contributed by atoms with Gasteiger partial charge < -0.3 is 5.73 Å². The first-order chi connectivity index (χ1) is 7.04. The fourth-order valence-electron chi connectivity index (χ4n) is 1.75. The molecule has 0 saturated heterocycles. The van der Waals surface area contributed by atoms with Gasteiger partial charge in [0, 0.05) is 17.1 Å². The van der Waals surface area contributed by atoms with Gasteiger partial charge in [0.15, 0.2) is 0 Å². The third-order valence-corrected chi connectivity index (χ3v) is 2.33. The summed E-state index contributed by atoms with van der Waals surface area (Å²) in [7, 11) is 0. The largest absolute Gasteiger partial charge is 0.325 e. The van der Waals surface area contributed by atoms with Gasteiger partial charge in [0.2, 0.25) is 0 Å². The molecule has 0 amide bonds. The van der Waals surface area contributed by atoms with Crippen LogP contribution in [-0.4, -0.2) is 10.5 Å². The number of fused-ring (bicyclic) bond motifs is 1. The molecule has 0 atom stereocenters. The lowest BCUT2D eigenvalue weighted by atomic mass is 9.95. The summed E-state index contributed by atoms with van der Waals surface area (Å²) in [5.74, 6) is 0. The van der Waals surface area contributed by atoms with E-state index in [0.29, 0.717) is 0 Å². The molecule has 0 bridgehead atoms. The summed E-state index contributed by atoms with van der Waals surface area (Å²) >= 11 is 0. The lowest BCUT2D eigenvalue weighted by Gasteiger charge is -2.18. The van der Waals surface area contributed by atoms with Crippen LogP contribution in [0.2, 0.25) is 0 Å². The number of rotatable bonds is 2. The maximum absolute atomic E-state index is 5.99. The minimum atomic E-state index is -0.164. The van der Waals surface area contributed by atoms with Crippen molar-refractivity contribution in [3.8, 4) is 0 Å². The van der Waals surface area contributed by atoms with Crippen LogP contribution in [0.4, 0.5) is 0 Å². The minimum absolute atomic E-state index is 0.164. The van der Waals surface area contributed by atoms with Gasteiger partial charge in [-0.15, -0.1) is 0 Å². The van der Waals surface area contributed by atoms with E-state index in [2.05, 4.69) is 29.2 Å². The van der Waals surface area contributed by atoms with Crippen molar-refractivity contribution in [3.05, 3.63) is 42.1 Å². The van der Waals surface area contributed by atoms with Crippen molar-refractivity contribution in [3.63, 3.8) is 0 Å². The minimum Gasteiger partial charge on any atom is -0.325 e. The second kappa shape index (κ2) is 3.63. The Labute approximate surface area is 90.1 Å². The van der Waals surface area contributed by atoms with Gasteiger partial charge >= 0.3 is 0 Å². The molecule has 2 nitrogen and oxygen atoms in total. The molecule has 0 aliphatic heterocycles. The van der Waals surface area contributed by atoms with Crippen LogP contribution >= 0.6 is 0 Å². The van der Waals surface area contributed by atoms with E-state index >= 15 is 0 Å². The van der Waals surface area contributed by atoms with Crippen molar-refractivity contribution >= 4 is 10.9 Å². The number of aromatic nitrogens is 1. The highest BCUT2D eigenvalue weighted by Gasteiger charge is 2.11. The monoisotopic (exact) mass is 200 g/mol. The van der Waals surface area contributed by atoms with Crippen molar-refractivity contribution in [1.82, 2.24) is 4.98 Å². The zero-order valence-electron chi connectivity index (χ0n) is 9.20. The molecule has 0 aliphatic rings. The molecule has 0 aliphatic carbocycles. The standard InChI is InChI=1S/C13H16N2/c1-13(2,14)9-10-5-6-11-4-3-7-15-12(11)8-10/h3-8H,9,14H2,1-2H3. The smallest absolute Gasteiger partial charge is 0.0704 e. The van der Waals surface area contributed by atoms with Gasteiger partial charge in [-0.3, -0.25) is 4.98 Å². The number of benzene rings is 1. The van der Waals surface area contributed by atoms with Crippen LogP contribution in [0.3, 0.4) is 0 Å². The molecule has 0 fully saturated rings. The van der Waals surface area contributed by atoms with Gasteiger partial charge in [0.25, 0.3) is 0 Å². The zero-order chi connectivity index (χ0) is 10.9. The average Bonchev–Trinajstić information content (AvgIpc) is 2.15. The summed E-state index contributed by atoms with van der Waals surface area (Å²) in [5, 5.41) is 1.18. The third kappa shape index (κ3) is 2.54. The third-order valence-electron chi connectivity index (χ3n) is 2.33. The summed E-state index contributed by atoms with van der Waals surface area (Å²) in [6.45, 7) is 4.07. The van der Waals surface area contributed by atoms with Gasteiger partial charge in [-0.05, 0) is 38.0 Å². The number of hydrogen-bond acceptors (Lipinski definition) is 2. The quantitative estimate of drug-likeness (QED) is 0.809. The molecular formula is C13H16N2. The van der Waals surface area contributed by atoms with E-state index in [9.17, 15) is 0 Å². The van der Waals surface area contributed by atoms with E-state index in [0.717, 1.165) is 11.9 Å². The molecule has 2 heteroatoms. The molecule has 15 heavy (non-hydrogen) atoms. The molecule has 2 aromatic rings. The Kier molecular flexibility index (Phi) is 2.45. The van der Waals surface area contributed by atoms with E-state index in [1.165, 1.54) is 10.9 Å². The Hall–Kier alpha value is -1.41. The molecule has 2 N–H and O–H groups in total. The molecule has 0 saturated carbocycles. The second-order valence-electron chi connectivity index (χ2n) is 4.70. The van der Waals surface area contributed by atoms with Crippen LogP contribution in [0, 0.1) is 0 Å². The predicted molar refractivity (Wildman–Crippen MR) is 63.7 cm³/mol. The van der Waals surface area contributed by atoms with Gasteiger partial charge in [-0.2, -0.15) is 0 Å². The molecular weight excluding hydrogens is 184 g/mol. The second-order valence-corrected chi connectivity index (χ2v) is 4.70. The van der Waals surface area contributed by atoms with Crippen LogP contribution in [0.15, 0.2) is 36.5 Å². The molecule has 1 heterocycles. The maximum Gasteiger partial charge on any atom is 0.0704 e. The Morgan fingerprint density at radius 2 is 2.07 bits per heavy atom. The van der Waals surface area contributed by atoms with E-state index < -0.39 is 0 Å². The van der Waals surface area contributed by atoms with E-state index in [4.69, 9.17) is 5.73 Å². The Morgan fingerprint density at radius 1 is 1.27 bits per heavy atom. The van der Waals surface area contributed by atoms with Crippen LogP contribution < -0.4 is 5.73 Å². The molecule has 1 aromatic heterocycles. The van der Waals surface area contributed by atoms with Crippen molar-refractivity contribution in [1.29, 1.82) is 0 Å². The van der Waals surface area contributed by atoms with Crippen LogP contribution in [0.25, 0.3) is 10.9 Å². The van der Waals surface area contributed by atoms with Crippen molar-refractivity contribution < 1.29 is 0 Å². The summed E-state index contributed by atoms with van der Waals surface area (Å²) < 4.78 is 0. The number of nitrogens with two attached hydrogens (primary N) is 1. The first-order valence-corrected chi connectivity index (χ1v) is 5.17. The van der Waals surface area contributed by atoms with E-state index in [-0.39, 0.29) is 5.54 Å². The Bertz CT molecular complexity index is 469. The lowest BCUT2D eigenvalue weighted by molar-refractivity contribution is 0.517. The summed E-state index contributed by atoms with van der Waals surface area (Å²) in [4.78, 5) is 4.33. The highest BCUT2D eigenvalue weighted by molar-refractivity contribution is 5.78. The SMILES string of the molecule is CC(C)(N)Cc1ccc2cccnc2c1. The summed E-state index contributed by atoms with van der Waals surface area (Å²) in [6, 6.07) is 10.4. The predicted octanol–water partition coefficient (Wildman–Crippen LogP) is 2.51.